The first-order valence-electron chi connectivity index (χ1n) is 23.0. The van der Waals surface area contributed by atoms with Gasteiger partial charge in [-0.05, 0) is 129 Å². The van der Waals surface area contributed by atoms with Crippen LogP contribution in [0.1, 0.15) is 38.5 Å². The Morgan fingerprint density at radius 1 is 0.400 bits per heavy atom. The van der Waals surface area contributed by atoms with Gasteiger partial charge >= 0.3 is 41.0 Å². The Hall–Kier alpha value is -1.66. The number of carbonyl (C=O) groups is 4. The minimum absolute atomic E-state index is 0.0750. The van der Waals surface area contributed by atoms with Gasteiger partial charge in [-0.3, -0.25) is 9.59 Å². The van der Waals surface area contributed by atoms with Gasteiger partial charge in [0.05, 0.1) is 31.8 Å². The average molecular weight is 1030 g/mol. The molecule has 0 saturated carbocycles. The van der Waals surface area contributed by atoms with Crippen LogP contribution in [0.5, 0.6) is 0 Å². The van der Waals surface area contributed by atoms with Crippen molar-refractivity contribution in [3.8, 4) is 0 Å². The summed E-state index contributed by atoms with van der Waals surface area (Å²) in [5.74, 6) is -1.98. The highest BCUT2D eigenvalue weighted by Crippen LogP contribution is 2.28. The number of ether oxygens (including phenoxy) is 8. The summed E-state index contributed by atoms with van der Waals surface area (Å²) in [7, 11) is -12.6. The summed E-state index contributed by atoms with van der Waals surface area (Å²) < 4.78 is 72.2. The lowest BCUT2D eigenvalue weighted by Crippen LogP contribution is -2.52. The lowest BCUT2D eigenvalue weighted by Gasteiger charge is -2.38. The third kappa shape index (κ3) is 37.0. The van der Waals surface area contributed by atoms with Crippen molar-refractivity contribution in [2.45, 2.75) is 142 Å². The summed E-state index contributed by atoms with van der Waals surface area (Å²) in [4.78, 5) is 48.8. The molecule has 0 aromatic heterocycles. The Morgan fingerprint density at radius 3 is 1.00 bits per heavy atom. The number of hydrogen-bond acceptors (Lipinski definition) is 16. The fraction of sp³-hybridized carbons (Fsp3) is 0.814. The predicted octanol–water partition coefficient (Wildman–Crippen LogP) is 8.47. The molecule has 0 N–H and O–H groups in total. The Kier molecular flexibility index (Phi) is 30.7. The van der Waals surface area contributed by atoms with E-state index in [4.69, 9.17) is 54.4 Å². The first-order valence-corrected chi connectivity index (χ1v) is 41.6. The predicted molar refractivity (Wildman–Crippen MR) is 268 cm³/mol. The molecule has 0 aromatic carbocycles. The van der Waals surface area contributed by atoms with Crippen molar-refractivity contribution in [3.05, 3.63) is 25.3 Å². The SMILES string of the molecule is C=CC(=O)OCCOCCCC(=O)OCC(COCCC[Si](C)(O[Si](C)(C)C)O[Si](C)(C)C)(COCCC[Si](C)(O[Si](C)(C)C)O[Si](C)(C)C)COC(=O)CCCOCCOC(=O)C=C. The van der Waals surface area contributed by atoms with E-state index in [0.717, 1.165) is 24.2 Å². The van der Waals surface area contributed by atoms with E-state index in [1.807, 2.05) is 0 Å². The fourth-order valence-corrected chi connectivity index (χ4v) is 31.6. The van der Waals surface area contributed by atoms with Gasteiger partial charge < -0.3 is 54.4 Å². The summed E-state index contributed by atoms with van der Waals surface area (Å²) in [6.07, 6.45) is 4.44. The maximum Gasteiger partial charge on any atom is 0.330 e. The van der Waals surface area contributed by atoms with Gasteiger partial charge in [0.1, 0.15) is 26.4 Å². The van der Waals surface area contributed by atoms with Crippen LogP contribution < -0.4 is 0 Å². The standard InChI is InChI=1S/C43H88O16Si6/c1-17-39(44)52-31-29-48-25-19-23-41(46)54-37-43(38-55-42(47)24-20-26-49-30-32-53-40(45)18-2,35-50-27-21-33-64(15,56-60(3,4)5)57-61(6,7)8)36-51-28-22-34-65(16,58-62(9,10)11)59-63(12,13)14/h17-18H,1-2,19-38H2,3-16H3. The molecular formula is C43H88O16Si6. The Balaban J connectivity index is 6.16. The highest BCUT2D eigenvalue weighted by Gasteiger charge is 2.42. The van der Waals surface area contributed by atoms with Crippen LogP contribution in [0, 0.1) is 5.41 Å². The summed E-state index contributed by atoms with van der Waals surface area (Å²) >= 11 is 0. The van der Waals surface area contributed by atoms with E-state index in [-0.39, 0.29) is 78.9 Å². The summed E-state index contributed by atoms with van der Waals surface area (Å²) in [6, 6.07) is 1.49. The molecule has 0 heterocycles. The number of carbonyl (C=O) groups excluding carboxylic acids is 4. The second-order valence-corrected chi connectivity index (χ2v) is 46.1. The Morgan fingerprint density at radius 2 is 0.708 bits per heavy atom. The van der Waals surface area contributed by atoms with Crippen LogP contribution in [0.15, 0.2) is 25.3 Å². The smallest absolute Gasteiger partial charge is 0.330 e. The van der Waals surface area contributed by atoms with Crippen LogP contribution in [-0.4, -0.2) is 154 Å². The van der Waals surface area contributed by atoms with Crippen molar-refractivity contribution in [1.82, 2.24) is 0 Å². The molecule has 0 bridgehead atoms. The van der Waals surface area contributed by atoms with Crippen LogP contribution in [-0.2, 0) is 73.5 Å². The van der Waals surface area contributed by atoms with Gasteiger partial charge in [0.25, 0.3) is 0 Å². The highest BCUT2D eigenvalue weighted by molar-refractivity contribution is 6.88. The molecule has 0 aliphatic carbocycles. The molecule has 0 aliphatic heterocycles. The maximum atomic E-state index is 13.2. The van der Waals surface area contributed by atoms with Gasteiger partial charge in [0.2, 0.25) is 0 Å². The van der Waals surface area contributed by atoms with Crippen LogP contribution >= 0.6 is 0 Å². The largest absolute Gasteiger partial charge is 0.465 e. The second-order valence-electron chi connectivity index (χ2n) is 20.4. The molecule has 0 spiro atoms. The molecule has 0 atom stereocenters. The molecule has 0 aliphatic rings. The van der Waals surface area contributed by atoms with E-state index in [9.17, 15) is 19.2 Å². The number of esters is 4. The third-order valence-electron chi connectivity index (χ3n) is 8.44. The second kappa shape index (κ2) is 31.5. The quantitative estimate of drug-likeness (QED) is 0.0187. The van der Waals surface area contributed by atoms with Gasteiger partial charge in [-0.1, -0.05) is 13.2 Å². The number of hydrogen-bond donors (Lipinski definition) is 0. The first kappa shape index (κ1) is 63.3. The molecule has 22 heteroatoms. The zero-order valence-electron chi connectivity index (χ0n) is 42.7. The van der Waals surface area contributed by atoms with Crippen molar-refractivity contribution < 1.29 is 73.5 Å². The van der Waals surface area contributed by atoms with Crippen LogP contribution in [0.25, 0.3) is 0 Å². The minimum Gasteiger partial charge on any atom is -0.465 e. The van der Waals surface area contributed by atoms with Crippen LogP contribution in [0.3, 0.4) is 0 Å². The highest BCUT2D eigenvalue weighted by atomic mass is 28.5. The van der Waals surface area contributed by atoms with Crippen LogP contribution in [0.2, 0.25) is 104 Å². The Bertz CT molecular complexity index is 1270. The van der Waals surface area contributed by atoms with Gasteiger partial charge in [-0.25, -0.2) is 9.59 Å². The molecule has 0 aromatic rings. The van der Waals surface area contributed by atoms with Crippen molar-refractivity contribution >= 4 is 74.3 Å². The van der Waals surface area contributed by atoms with E-state index in [1.54, 1.807) is 0 Å². The zero-order chi connectivity index (χ0) is 49.9. The van der Waals surface area contributed by atoms with Gasteiger partial charge in [-0.15, -0.1) is 0 Å². The lowest BCUT2D eigenvalue weighted by molar-refractivity contribution is -0.163. The van der Waals surface area contributed by atoms with Crippen molar-refractivity contribution in [2.24, 2.45) is 5.41 Å². The summed E-state index contributed by atoms with van der Waals surface area (Å²) in [6.45, 7) is 38.8. The lowest BCUT2D eigenvalue weighted by atomic mass is 9.92. The van der Waals surface area contributed by atoms with Crippen molar-refractivity contribution in [2.75, 3.05) is 79.3 Å². The minimum atomic E-state index is -2.52. The molecule has 65 heavy (non-hydrogen) atoms. The molecule has 0 fully saturated rings. The van der Waals surface area contributed by atoms with E-state index in [0.29, 0.717) is 38.9 Å². The monoisotopic (exact) mass is 1030 g/mol. The molecule has 0 unspecified atom stereocenters. The van der Waals surface area contributed by atoms with Gasteiger partial charge in [0.15, 0.2) is 33.3 Å². The van der Waals surface area contributed by atoms with E-state index in [2.05, 4.69) is 105 Å². The van der Waals surface area contributed by atoms with E-state index in [1.165, 1.54) is 0 Å². The van der Waals surface area contributed by atoms with E-state index >= 15 is 0 Å². The van der Waals surface area contributed by atoms with Crippen molar-refractivity contribution in [3.63, 3.8) is 0 Å². The Labute approximate surface area is 398 Å². The molecule has 380 valence electrons. The molecule has 0 amide bonds. The first-order chi connectivity index (χ1) is 29.9. The molecule has 0 radical (unpaired) electrons. The third-order valence-corrected chi connectivity index (χ3v) is 27.7. The molecule has 0 saturated heterocycles. The molecule has 16 nitrogen and oxygen atoms in total. The topological polar surface area (TPSA) is 179 Å². The maximum absolute atomic E-state index is 13.2. The normalized spacial score (nSPS) is 13.0. The van der Waals surface area contributed by atoms with E-state index < -0.39 is 79.7 Å². The molecule has 0 rings (SSSR count). The van der Waals surface area contributed by atoms with Crippen molar-refractivity contribution in [1.29, 1.82) is 0 Å². The van der Waals surface area contributed by atoms with Crippen LogP contribution in [0.4, 0.5) is 0 Å². The number of rotatable bonds is 40. The van der Waals surface area contributed by atoms with Gasteiger partial charge in [0, 0.05) is 51.4 Å². The molecular weight excluding hydrogens is 941 g/mol. The summed E-state index contributed by atoms with van der Waals surface area (Å²) in [5.41, 5.74) is -1.04. The van der Waals surface area contributed by atoms with Gasteiger partial charge in [-0.2, -0.15) is 0 Å². The summed E-state index contributed by atoms with van der Waals surface area (Å²) in [5, 5.41) is 0. The fourth-order valence-electron chi connectivity index (χ4n) is 6.63. The zero-order valence-corrected chi connectivity index (χ0v) is 48.7. The average Bonchev–Trinajstić information content (AvgIpc) is 3.14.